The number of hydrogen-bond donors (Lipinski definition) is 1. The Kier molecular flexibility index (Phi) is 3.86. The fraction of sp³-hybridized carbons (Fsp3) is 0.0769. The maximum atomic E-state index is 12.2. The third-order valence-corrected chi connectivity index (χ3v) is 3.22. The van der Waals surface area contributed by atoms with E-state index in [1.165, 1.54) is 18.4 Å². The van der Waals surface area contributed by atoms with Crippen LogP contribution >= 0.6 is 11.3 Å². The minimum Gasteiger partial charge on any atom is -0.288 e. The van der Waals surface area contributed by atoms with Crippen LogP contribution in [0.4, 0.5) is 0 Å². The van der Waals surface area contributed by atoms with Crippen LogP contribution in [0, 0.1) is 0 Å². The number of benzene rings is 1. The van der Waals surface area contributed by atoms with E-state index in [1.807, 2.05) is 5.38 Å². The molecular formula is C13H11NO3S. The summed E-state index contributed by atoms with van der Waals surface area (Å²) in [5.74, 6) is -0.593. The van der Waals surface area contributed by atoms with Crippen molar-refractivity contribution in [3.05, 3.63) is 57.8 Å². The van der Waals surface area contributed by atoms with Crippen molar-refractivity contribution in [2.24, 2.45) is 0 Å². The molecule has 0 saturated carbocycles. The van der Waals surface area contributed by atoms with Crippen molar-refractivity contribution in [2.75, 3.05) is 7.11 Å². The Bertz CT molecular complexity index is 563. The molecule has 0 bridgehead atoms. The van der Waals surface area contributed by atoms with E-state index in [2.05, 4.69) is 10.3 Å². The second-order valence-electron chi connectivity index (χ2n) is 3.49. The number of ketones is 1. The van der Waals surface area contributed by atoms with Crippen molar-refractivity contribution < 1.29 is 14.4 Å². The van der Waals surface area contributed by atoms with Crippen LogP contribution in [-0.2, 0) is 4.84 Å². The van der Waals surface area contributed by atoms with Gasteiger partial charge in [0.15, 0.2) is 0 Å². The predicted octanol–water partition coefficient (Wildman–Crippen LogP) is 2.27. The summed E-state index contributed by atoms with van der Waals surface area (Å²) in [5, 5.41) is 1.82. The lowest BCUT2D eigenvalue weighted by Crippen LogP contribution is -2.24. The van der Waals surface area contributed by atoms with E-state index in [4.69, 9.17) is 0 Å². The van der Waals surface area contributed by atoms with Gasteiger partial charge in [0.2, 0.25) is 5.78 Å². The molecule has 4 nitrogen and oxygen atoms in total. The summed E-state index contributed by atoms with van der Waals surface area (Å²) in [6.45, 7) is 0. The Hall–Kier alpha value is -1.98. The van der Waals surface area contributed by atoms with Gasteiger partial charge < -0.3 is 0 Å². The van der Waals surface area contributed by atoms with Gasteiger partial charge in [0.05, 0.1) is 17.6 Å². The number of amides is 1. The standard InChI is InChI=1S/C13H11NO3S/c1-17-14-13(16)10-6-3-2-5-9(10)12(15)11-7-4-8-18-11/h2-8H,1H3,(H,14,16). The largest absolute Gasteiger partial charge is 0.288 e. The molecule has 1 aromatic carbocycles. The fourth-order valence-corrected chi connectivity index (χ4v) is 2.25. The van der Waals surface area contributed by atoms with E-state index in [-0.39, 0.29) is 5.78 Å². The molecule has 0 unspecified atom stereocenters. The van der Waals surface area contributed by atoms with E-state index >= 15 is 0 Å². The molecule has 0 atom stereocenters. The minimum absolute atomic E-state index is 0.160. The lowest BCUT2D eigenvalue weighted by Gasteiger charge is -2.07. The first-order valence-corrected chi connectivity index (χ1v) is 6.12. The topological polar surface area (TPSA) is 55.4 Å². The van der Waals surface area contributed by atoms with Crippen molar-refractivity contribution in [1.29, 1.82) is 0 Å². The molecule has 1 heterocycles. The molecule has 0 aliphatic carbocycles. The normalized spacial score (nSPS) is 10.1. The zero-order valence-corrected chi connectivity index (χ0v) is 10.5. The number of thiophene rings is 1. The van der Waals surface area contributed by atoms with E-state index in [1.54, 1.807) is 36.4 Å². The molecule has 92 valence electrons. The van der Waals surface area contributed by atoms with Gasteiger partial charge in [-0.25, -0.2) is 5.48 Å². The first-order valence-electron chi connectivity index (χ1n) is 5.24. The van der Waals surface area contributed by atoms with Gasteiger partial charge in [-0.3, -0.25) is 14.4 Å². The number of hydroxylamine groups is 1. The quantitative estimate of drug-likeness (QED) is 0.678. The lowest BCUT2D eigenvalue weighted by atomic mass is 10.0. The van der Waals surface area contributed by atoms with Crippen LogP contribution in [0.2, 0.25) is 0 Å². The second kappa shape index (κ2) is 5.57. The van der Waals surface area contributed by atoms with Crippen molar-refractivity contribution in [1.82, 2.24) is 5.48 Å². The van der Waals surface area contributed by atoms with E-state index in [0.717, 1.165) is 0 Å². The molecule has 2 rings (SSSR count). The van der Waals surface area contributed by atoms with Crippen LogP contribution in [0.5, 0.6) is 0 Å². The van der Waals surface area contributed by atoms with Crippen molar-refractivity contribution >= 4 is 23.0 Å². The van der Waals surface area contributed by atoms with Crippen LogP contribution in [-0.4, -0.2) is 18.8 Å². The van der Waals surface area contributed by atoms with Gasteiger partial charge in [-0.1, -0.05) is 24.3 Å². The van der Waals surface area contributed by atoms with Crippen LogP contribution in [0.25, 0.3) is 0 Å². The number of carbonyl (C=O) groups excluding carboxylic acids is 2. The molecule has 0 fully saturated rings. The predicted molar refractivity (Wildman–Crippen MR) is 68.7 cm³/mol. The maximum Gasteiger partial charge on any atom is 0.275 e. The molecule has 0 radical (unpaired) electrons. The molecule has 0 aliphatic rings. The van der Waals surface area contributed by atoms with Gasteiger partial charge in [0.1, 0.15) is 0 Å². The number of hydrogen-bond acceptors (Lipinski definition) is 4. The van der Waals surface area contributed by atoms with Crippen molar-refractivity contribution in [3.63, 3.8) is 0 Å². The van der Waals surface area contributed by atoms with Crippen LogP contribution in [0.1, 0.15) is 25.6 Å². The first kappa shape index (κ1) is 12.5. The third kappa shape index (κ3) is 2.47. The highest BCUT2D eigenvalue weighted by atomic mass is 32.1. The SMILES string of the molecule is CONC(=O)c1ccccc1C(=O)c1cccs1. The van der Waals surface area contributed by atoms with Crippen molar-refractivity contribution in [3.8, 4) is 0 Å². The highest BCUT2D eigenvalue weighted by Crippen LogP contribution is 2.18. The summed E-state index contributed by atoms with van der Waals surface area (Å²) < 4.78 is 0. The molecule has 5 heteroatoms. The Morgan fingerprint density at radius 2 is 1.83 bits per heavy atom. The Labute approximate surface area is 108 Å². The Morgan fingerprint density at radius 3 is 2.44 bits per heavy atom. The smallest absolute Gasteiger partial charge is 0.275 e. The van der Waals surface area contributed by atoms with E-state index in [9.17, 15) is 9.59 Å². The van der Waals surface area contributed by atoms with Crippen LogP contribution < -0.4 is 5.48 Å². The van der Waals surface area contributed by atoms with Gasteiger partial charge in [-0.2, -0.15) is 0 Å². The molecule has 18 heavy (non-hydrogen) atoms. The summed E-state index contributed by atoms with van der Waals surface area (Å²) in [5.41, 5.74) is 2.89. The van der Waals surface area contributed by atoms with E-state index < -0.39 is 5.91 Å². The monoisotopic (exact) mass is 261 g/mol. The number of nitrogens with one attached hydrogen (secondary N) is 1. The number of carbonyl (C=O) groups is 2. The van der Waals surface area contributed by atoms with Gasteiger partial charge in [-0.15, -0.1) is 11.3 Å². The summed E-state index contributed by atoms with van der Waals surface area (Å²) in [6.07, 6.45) is 0. The second-order valence-corrected chi connectivity index (χ2v) is 4.44. The minimum atomic E-state index is -0.432. The van der Waals surface area contributed by atoms with Gasteiger partial charge in [0.25, 0.3) is 5.91 Å². The zero-order valence-electron chi connectivity index (χ0n) is 9.67. The molecule has 1 N–H and O–H groups in total. The zero-order chi connectivity index (χ0) is 13.0. The fourth-order valence-electron chi connectivity index (χ4n) is 1.57. The molecule has 1 amide bonds. The summed E-state index contributed by atoms with van der Waals surface area (Å²) in [6, 6.07) is 10.2. The van der Waals surface area contributed by atoms with Gasteiger partial charge >= 0.3 is 0 Å². The molecular weight excluding hydrogens is 250 g/mol. The summed E-state index contributed by atoms with van der Waals surface area (Å²) >= 11 is 1.35. The molecule has 0 aliphatic heterocycles. The summed E-state index contributed by atoms with van der Waals surface area (Å²) in [7, 11) is 1.35. The first-order chi connectivity index (χ1) is 8.74. The molecule has 0 saturated heterocycles. The summed E-state index contributed by atoms with van der Waals surface area (Å²) in [4.78, 5) is 29.2. The van der Waals surface area contributed by atoms with E-state index in [0.29, 0.717) is 16.0 Å². The van der Waals surface area contributed by atoms with Gasteiger partial charge in [0, 0.05) is 5.56 Å². The molecule has 0 spiro atoms. The average molecular weight is 261 g/mol. The van der Waals surface area contributed by atoms with Crippen LogP contribution in [0.3, 0.4) is 0 Å². The molecule has 2 aromatic rings. The Balaban J connectivity index is 2.39. The average Bonchev–Trinajstić information content (AvgIpc) is 2.92. The highest BCUT2D eigenvalue weighted by Gasteiger charge is 2.18. The van der Waals surface area contributed by atoms with Gasteiger partial charge in [-0.05, 0) is 17.5 Å². The third-order valence-electron chi connectivity index (χ3n) is 2.36. The van der Waals surface area contributed by atoms with Crippen molar-refractivity contribution in [2.45, 2.75) is 0 Å². The number of rotatable bonds is 4. The van der Waals surface area contributed by atoms with Crippen LogP contribution in [0.15, 0.2) is 41.8 Å². The maximum absolute atomic E-state index is 12.2. The lowest BCUT2D eigenvalue weighted by molar-refractivity contribution is 0.0535. The molecule has 1 aromatic heterocycles. The highest BCUT2D eigenvalue weighted by molar-refractivity contribution is 7.12. The Morgan fingerprint density at radius 1 is 1.11 bits per heavy atom.